The first-order valence-corrected chi connectivity index (χ1v) is 4.67. The zero-order valence-corrected chi connectivity index (χ0v) is 7.51. The summed E-state index contributed by atoms with van der Waals surface area (Å²) in [6.07, 6.45) is 0. The number of aromatic hydroxyl groups is 1. The molecule has 1 nitrogen and oxygen atoms in total. The fourth-order valence-corrected chi connectivity index (χ4v) is 1.85. The molecule has 0 atom stereocenters. The van der Waals surface area contributed by atoms with Crippen molar-refractivity contribution in [1.29, 1.82) is 0 Å². The summed E-state index contributed by atoms with van der Waals surface area (Å²) in [5.41, 5.74) is 0.923. The van der Waals surface area contributed by atoms with Gasteiger partial charge in [0, 0.05) is 10.3 Å². The van der Waals surface area contributed by atoms with E-state index in [0.717, 1.165) is 10.4 Å². The van der Waals surface area contributed by atoms with E-state index in [-0.39, 0.29) is 11.6 Å². The van der Waals surface area contributed by atoms with Gasteiger partial charge >= 0.3 is 0 Å². The van der Waals surface area contributed by atoms with E-state index in [1.807, 2.05) is 0 Å². The van der Waals surface area contributed by atoms with Crippen LogP contribution in [0.3, 0.4) is 0 Å². The van der Waals surface area contributed by atoms with Crippen LogP contribution in [-0.4, -0.2) is 5.11 Å². The lowest BCUT2D eigenvalue weighted by atomic mass is 10.2. The zero-order chi connectivity index (χ0) is 9.26. The second-order valence-corrected chi connectivity index (χ2v) is 3.59. The molecule has 1 heterocycles. The summed E-state index contributed by atoms with van der Waals surface area (Å²) in [6, 6.07) is 8.19. The fourth-order valence-electron chi connectivity index (χ4n) is 1.09. The van der Waals surface area contributed by atoms with Crippen LogP contribution in [0.4, 0.5) is 4.39 Å². The van der Waals surface area contributed by atoms with Crippen LogP contribution in [0, 0.1) is 5.82 Å². The number of phenolic OH excluding ortho intramolecular Hbond substituents is 1. The van der Waals surface area contributed by atoms with E-state index < -0.39 is 0 Å². The molecule has 1 aromatic carbocycles. The molecule has 0 unspecified atom stereocenters. The second kappa shape index (κ2) is 3.18. The molecule has 0 bridgehead atoms. The van der Waals surface area contributed by atoms with Gasteiger partial charge in [-0.25, -0.2) is 4.39 Å². The van der Waals surface area contributed by atoms with Crippen molar-refractivity contribution in [3.63, 3.8) is 0 Å². The number of benzene rings is 1. The van der Waals surface area contributed by atoms with Crippen LogP contribution >= 0.6 is 11.3 Å². The maximum atomic E-state index is 12.7. The summed E-state index contributed by atoms with van der Waals surface area (Å²) in [7, 11) is 0. The monoisotopic (exact) mass is 194 g/mol. The van der Waals surface area contributed by atoms with Crippen LogP contribution in [0.1, 0.15) is 0 Å². The quantitative estimate of drug-likeness (QED) is 0.738. The van der Waals surface area contributed by atoms with Crippen molar-refractivity contribution in [3.8, 4) is 16.2 Å². The lowest BCUT2D eigenvalue weighted by molar-refractivity contribution is 0.475. The molecule has 0 aliphatic heterocycles. The Balaban J connectivity index is 2.41. The normalized spacial score (nSPS) is 10.2. The van der Waals surface area contributed by atoms with Crippen LogP contribution in [0.2, 0.25) is 0 Å². The minimum Gasteiger partial charge on any atom is -0.508 e. The Morgan fingerprint density at radius 1 is 1.15 bits per heavy atom. The third-order valence-electron chi connectivity index (χ3n) is 1.72. The smallest absolute Gasteiger partial charge is 0.134 e. The van der Waals surface area contributed by atoms with Gasteiger partial charge in [-0.2, -0.15) is 0 Å². The highest BCUT2D eigenvalue weighted by Crippen LogP contribution is 2.27. The molecule has 0 saturated heterocycles. The predicted molar refractivity (Wildman–Crippen MR) is 51.4 cm³/mol. The topological polar surface area (TPSA) is 20.2 Å². The van der Waals surface area contributed by atoms with E-state index in [2.05, 4.69) is 0 Å². The average Bonchev–Trinajstić information content (AvgIpc) is 2.53. The Hall–Kier alpha value is -1.35. The standard InChI is InChI=1S/C10H7FOS/c11-8-5-10(13-6-8)7-1-3-9(12)4-2-7/h1-6,12H. The Morgan fingerprint density at radius 2 is 1.85 bits per heavy atom. The molecule has 0 radical (unpaired) electrons. The van der Waals surface area contributed by atoms with Crippen LogP contribution < -0.4 is 0 Å². The molecule has 0 amide bonds. The van der Waals surface area contributed by atoms with Crippen molar-refractivity contribution >= 4 is 11.3 Å². The summed E-state index contributed by atoms with van der Waals surface area (Å²) in [4.78, 5) is 0.873. The number of hydrogen-bond acceptors (Lipinski definition) is 2. The lowest BCUT2D eigenvalue weighted by Crippen LogP contribution is -1.70. The molecule has 1 aromatic heterocycles. The van der Waals surface area contributed by atoms with Crippen molar-refractivity contribution in [2.75, 3.05) is 0 Å². The maximum absolute atomic E-state index is 12.7. The number of hydrogen-bond donors (Lipinski definition) is 1. The van der Waals surface area contributed by atoms with Gasteiger partial charge < -0.3 is 5.11 Å². The van der Waals surface area contributed by atoms with Crippen molar-refractivity contribution < 1.29 is 9.50 Å². The molecule has 3 heteroatoms. The summed E-state index contributed by atoms with van der Waals surface area (Å²) in [6.45, 7) is 0. The van der Waals surface area contributed by atoms with E-state index >= 15 is 0 Å². The molecule has 0 fully saturated rings. The van der Waals surface area contributed by atoms with Gasteiger partial charge in [-0.3, -0.25) is 0 Å². The van der Waals surface area contributed by atoms with E-state index in [4.69, 9.17) is 5.11 Å². The molecule has 2 aromatic rings. The molecule has 0 spiro atoms. The average molecular weight is 194 g/mol. The van der Waals surface area contributed by atoms with Crippen molar-refractivity contribution in [2.45, 2.75) is 0 Å². The molecule has 66 valence electrons. The first-order chi connectivity index (χ1) is 6.25. The second-order valence-electron chi connectivity index (χ2n) is 2.68. The molecule has 0 aliphatic rings. The number of thiophene rings is 1. The lowest BCUT2D eigenvalue weighted by Gasteiger charge is -1.96. The van der Waals surface area contributed by atoms with Gasteiger partial charge in [0.2, 0.25) is 0 Å². The molecule has 0 aliphatic carbocycles. The van der Waals surface area contributed by atoms with Crippen molar-refractivity contribution in [2.24, 2.45) is 0 Å². The Morgan fingerprint density at radius 3 is 2.38 bits per heavy atom. The summed E-state index contributed by atoms with van der Waals surface area (Å²) in [5, 5.41) is 10.5. The van der Waals surface area contributed by atoms with E-state index in [9.17, 15) is 4.39 Å². The number of rotatable bonds is 1. The SMILES string of the molecule is Oc1ccc(-c2cc(F)cs2)cc1. The Kier molecular flexibility index (Phi) is 2.02. The van der Waals surface area contributed by atoms with Gasteiger partial charge in [0.25, 0.3) is 0 Å². The molecule has 0 saturated carbocycles. The first kappa shape index (κ1) is 8.26. The largest absolute Gasteiger partial charge is 0.508 e. The van der Waals surface area contributed by atoms with E-state index in [1.54, 1.807) is 24.3 Å². The van der Waals surface area contributed by atoms with Crippen molar-refractivity contribution in [1.82, 2.24) is 0 Å². The molecular formula is C10H7FOS. The van der Waals surface area contributed by atoms with E-state index in [1.165, 1.54) is 22.8 Å². The summed E-state index contributed by atoms with van der Waals surface area (Å²) >= 11 is 1.35. The van der Waals surface area contributed by atoms with Gasteiger partial charge in [0.1, 0.15) is 11.6 Å². The third-order valence-corrected chi connectivity index (χ3v) is 2.67. The number of phenols is 1. The first-order valence-electron chi connectivity index (χ1n) is 3.79. The minimum absolute atomic E-state index is 0.215. The minimum atomic E-state index is -0.215. The number of halogens is 1. The highest BCUT2D eigenvalue weighted by Gasteiger charge is 2.01. The maximum Gasteiger partial charge on any atom is 0.134 e. The molecule has 2 rings (SSSR count). The molecule has 1 N–H and O–H groups in total. The van der Waals surface area contributed by atoms with Gasteiger partial charge in [0.05, 0.1) is 0 Å². The van der Waals surface area contributed by atoms with Gasteiger partial charge in [-0.05, 0) is 35.9 Å². The summed E-state index contributed by atoms with van der Waals surface area (Å²) < 4.78 is 12.7. The van der Waals surface area contributed by atoms with Crippen LogP contribution in [-0.2, 0) is 0 Å². The van der Waals surface area contributed by atoms with Crippen LogP contribution in [0.15, 0.2) is 35.7 Å². The fraction of sp³-hybridized carbons (Fsp3) is 0. The zero-order valence-electron chi connectivity index (χ0n) is 6.70. The molecule has 13 heavy (non-hydrogen) atoms. The van der Waals surface area contributed by atoms with Crippen LogP contribution in [0.5, 0.6) is 5.75 Å². The third kappa shape index (κ3) is 1.70. The van der Waals surface area contributed by atoms with Crippen LogP contribution in [0.25, 0.3) is 10.4 Å². The Labute approximate surface area is 79.1 Å². The highest BCUT2D eigenvalue weighted by molar-refractivity contribution is 7.13. The van der Waals surface area contributed by atoms with Gasteiger partial charge in [-0.1, -0.05) is 0 Å². The van der Waals surface area contributed by atoms with E-state index in [0.29, 0.717) is 0 Å². The van der Waals surface area contributed by atoms with Gasteiger partial charge in [-0.15, -0.1) is 11.3 Å². The molecular weight excluding hydrogens is 187 g/mol. The summed E-state index contributed by atoms with van der Waals surface area (Å²) in [5.74, 6) is 0.00820. The Bertz CT molecular complexity index is 405. The van der Waals surface area contributed by atoms with Crippen molar-refractivity contribution in [3.05, 3.63) is 41.5 Å². The van der Waals surface area contributed by atoms with Gasteiger partial charge in [0.15, 0.2) is 0 Å². The predicted octanol–water partition coefficient (Wildman–Crippen LogP) is 3.26. The highest BCUT2D eigenvalue weighted by atomic mass is 32.1.